The number of nitrogens with zero attached hydrogens (tertiary/aromatic N) is 2. The standard InChI is InChI=1S/C13H15F2N3O/c1-13(2,3)16-7-11-17-18-12(19-11)8-4-5-9(14)10(15)6-8/h4-6,16H,7H2,1-3H3. The normalized spacial score (nSPS) is 11.8. The van der Waals surface area contributed by atoms with Crippen LogP contribution in [0.1, 0.15) is 26.7 Å². The Morgan fingerprint density at radius 3 is 2.53 bits per heavy atom. The average molecular weight is 267 g/mol. The van der Waals surface area contributed by atoms with Gasteiger partial charge in [-0.25, -0.2) is 8.78 Å². The van der Waals surface area contributed by atoms with Crippen LogP contribution in [0.15, 0.2) is 22.6 Å². The van der Waals surface area contributed by atoms with Crippen molar-refractivity contribution >= 4 is 0 Å². The van der Waals surface area contributed by atoms with E-state index in [1.54, 1.807) is 0 Å². The molecule has 0 aliphatic heterocycles. The highest BCUT2D eigenvalue weighted by Crippen LogP contribution is 2.20. The molecule has 2 aromatic rings. The molecule has 1 heterocycles. The van der Waals surface area contributed by atoms with Crippen LogP contribution in [0.4, 0.5) is 8.78 Å². The maximum absolute atomic E-state index is 13.1. The lowest BCUT2D eigenvalue weighted by Crippen LogP contribution is -2.35. The molecular formula is C13H15F2N3O. The summed E-state index contributed by atoms with van der Waals surface area (Å²) in [6.45, 7) is 6.46. The van der Waals surface area contributed by atoms with Crippen molar-refractivity contribution in [3.8, 4) is 11.5 Å². The third-order valence-electron chi connectivity index (χ3n) is 2.40. The van der Waals surface area contributed by atoms with Crippen LogP contribution in [-0.2, 0) is 6.54 Å². The Morgan fingerprint density at radius 2 is 1.89 bits per heavy atom. The third kappa shape index (κ3) is 3.57. The van der Waals surface area contributed by atoms with Gasteiger partial charge in [-0.1, -0.05) is 0 Å². The zero-order chi connectivity index (χ0) is 14.0. The summed E-state index contributed by atoms with van der Waals surface area (Å²) in [7, 11) is 0. The van der Waals surface area contributed by atoms with Gasteiger partial charge in [-0.15, -0.1) is 10.2 Å². The molecule has 0 spiro atoms. The van der Waals surface area contributed by atoms with E-state index in [1.165, 1.54) is 6.07 Å². The summed E-state index contributed by atoms with van der Waals surface area (Å²) in [6, 6.07) is 3.46. The molecule has 0 aliphatic rings. The molecule has 0 saturated heterocycles. The van der Waals surface area contributed by atoms with Gasteiger partial charge in [-0.3, -0.25) is 0 Å². The van der Waals surface area contributed by atoms with Gasteiger partial charge in [-0.2, -0.15) is 0 Å². The monoisotopic (exact) mass is 267 g/mol. The molecule has 0 fully saturated rings. The Bertz CT molecular complexity index is 576. The smallest absolute Gasteiger partial charge is 0.247 e. The summed E-state index contributed by atoms with van der Waals surface area (Å²) >= 11 is 0. The number of hydrogen-bond donors (Lipinski definition) is 1. The second kappa shape index (κ2) is 5.05. The number of halogens is 2. The highest BCUT2D eigenvalue weighted by molar-refractivity contribution is 5.52. The Balaban J connectivity index is 2.14. The number of nitrogens with one attached hydrogen (secondary N) is 1. The molecular weight excluding hydrogens is 252 g/mol. The molecule has 0 unspecified atom stereocenters. The zero-order valence-electron chi connectivity index (χ0n) is 11.0. The molecule has 102 valence electrons. The van der Waals surface area contributed by atoms with Crippen LogP contribution >= 0.6 is 0 Å². The van der Waals surface area contributed by atoms with E-state index in [0.717, 1.165) is 12.1 Å². The van der Waals surface area contributed by atoms with Gasteiger partial charge in [0.2, 0.25) is 11.8 Å². The largest absolute Gasteiger partial charge is 0.419 e. The Labute approximate surface area is 109 Å². The molecule has 0 amide bonds. The molecule has 0 radical (unpaired) electrons. The van der Waals surface area contributed by atoms with E-state index in [0.29, 0.717) is 18.0 Å². The summed E-state index contributed by atoms with van der Waals surface area (Å²) < 4.78 is 31.3. The van der Waals surface area contributed by atoms with Gasteiger partial charge in [0, 0.05) is 11.1 Å². The van der Waals surface area contributed by atoms with Gasteiger partial charge in [0.15, 0.2) is 11.6 Å². The maximum atomic E-state index is 13.1. The molecule has 6 heteroatoms. The van der Waals surface area contributed by atoms with E-state index >= 15 is 0 Å². The van der Waals surface area contributed by atoms with Crippen molar-refractivity contribution in [2.75, 3.05) is 0 Å². The SMILES string of the molecule is CC(C)(C)NCc1nnc(-c2ccc(F)c(F)c2)o1. The van der Waals surface area contributed by atoms with Crippen LogP contribution in [0.5, 0.6) is 0 Å². The first-order valence-corrected chi connectivity index (χ1v) is 5.88. The predicted molar refractivity (Wildman–Crippen MR) is 66.2 cm³/mol. The van der Waals surface area contributed by atoms with Crippen LogP contribution < -0.4 is 5.32 Å². The summed E-state index contributed by atoms with van der Waals surface area (Å²) in [6.07, 6.45) is 0. The van der Waals surface area contributed by atoms with Crippen molar-refractivity contribution in [1.29, 1.82) is 0 Å². The van der Waals surface area contributed by atoms with Crippen molar-refractivity contribution in [3.05, 3.63) is 35.7 Å². The van der Waals surface area contributed by atoms with Crippen LogP contribution in [0.3, 0.4) is 0 Å². The minimum absolute atomic E-state index is 0.0728. The summed E-state index contributed by atoms with van der Waals surface area (Å²) in [5.74, 6) is -1.28. The van der Waals surface area contributed by atoms with Crippen molar-refractivity contribution < 1.29 is 13.2 Å². The lowest BCUT2D eigenvalue weighted by molar-refractivity contribution is 0.383. The van der Waals surface area contributed by atoms with Gasteiger partial charge in [-0.05, 0) is 39.0 Å². The lowest BCUT2D eigenvalue weighted by Gasteiger charge is -2.18. The van der Waals surface area contributed by atoms with Gasteiger partial charge < -0.3 is 9.73 Å². The van der Waals surface area contributed by atoms with E-state index in [9.17, 15) is 8.78 Å². The summed E-state index contributed by atoms with van der Waals surface area (Å²) in [5, 5.41) is 10.9. The minimum atomic E-state index is -0.940. The van der Waals surface area contributed by atoms with Crippen molar-refractivity contribution in [1.82, 2.24) is 15.5 Å². The lowest BCUT2D eigenvalue weighted by atomic mass is 10.1. The van der Waals surface area contributed by atoms with E-state index in [2.05, 4.69) is 15.5 Å². The summed E-state index contributed by atoms with van der Waals surface area (Å²) in [4.78, 5) is 0. The molecule has 1 aromatic heterocycles. The number of hydrogen-bond acceptors (Lipinski definition) is 4. The fourth-order valence-electron chi connectivity index (χ4n) is 1.41. The van der Waals surface area contributed by atoms with Gasteiger partial charge in [0.25, 0.3) is 0 Å². The number of rotatable bonds is 3. The first-order chi connectivity index (χ1) is 8.85. The quantitative estimate of drug-likeness (QED) is 0.929. The first kappa shape index (κ1) is 13.6. The molecule has 0 bridgehead atoms. The highest BCUT2D eigenvalue weighted by atomic mass is 19.2. The second-order valence-electron chi connectivity index (χ2n) is 5.23. The maximum Gasteiger partial charge on any atom is 0.247 e. The van der Waals surface area contributed by atoms with Gasteiger partial charge >= 0.3 is 0 Å². The van der Waals surface area contributed by atoms with Gasteiger partial charge in [0.05, 0.1) is 6.54 Å². The number of aromatic nitrogens is 2. The van der Waals surface area contributed by atoms with E-state index in [4.69, 9.17) is 4.42 Å². The molecule has 2 rings (SSSR count). The topological polar surface area (TPSA) is 51.0 Å². The molecule has 1 N–H and O–H groups in total. The van der Waals surface area contributed by atoms with Crippen LogP contribution in [-0.4, -0.2) is 15.7 Å². The fourth-order valence-corrected chi connectivity index (χ4v) is 1.41. The first-order valence-electron chi connectivity index (χ1n) is 5.88. The van der Waals surface area contributed by atoms with Gasteiger partial charge in [0.1, 0.15) is 0 Å². The third-order valence-corrected chi connectivity index (χ3v) is 2.40. The Kier molecular flexibility index (Phi) is 3.61. The minimum Gasteiger partial charge on any atom is -0.419 e. The molecule has 19 heavy (non-hydrogen) atoms. The van der Waals surface area contributed by atoms with Crippen LogP contribution in [0.25, 0.3) is 11.5 Å². The van der Waals surface area contributed by atoms with Crippen molar-refractivity contribution in [2.24, 2.45) is 0 Å². The second-order valence-corrected chi connectivity index (χ2v) is 5.23. The highest BCUT2D eigenvalue weighted by Gasteiger charge is 2.14. The number of benzene rings is 1. The molecule has 0 aliphatic carbocycles. The van der Waals surface area contributed by atoms with E-state index in [-0.39, 0.29) is 11.4 Å². The predicted octanol–water partition coefficient (Wildman–Crippen LogP) is 2.90. The zero-order valence-corrected chi connectivity index (χ0v) is 11.0. The van der Waals surface area contributed by atoms with Crippen molar-refractivity contribution in [2.45, 2.75) is 32.9 Å². The van der Waals surface area contributed by atoms with Crippen LogP contribution in [0, 0.1) is 11.6 Å². The Hall–Kier alpha value is -1.82. The summed E-state index contributed by atoms with van der Waals surface area (Å²) in [5.41, 5.74) is 0.282. The Morgan fingerprint density at radius 1 is 1.16 bits per heavy atom. The van der Waals surface area contributed by atoms with Crippen molar-refractivity contribution in [3.63, 3.8) is 0 Å². The molecule has 1 aromatic carbocycles. The van der Waals surface area contributed by atoms with E-state index in [1.807, 2.05) is 20.8 Å². The molecule has 4 nitrogen and oxygen atoms in total. The fraction of sp³-hybridized carbons (Fsp3) is 0.385. The molecule has 0 saturated carbocycles. The van der Waals surface area contributed by atoms with E-state index < -0.39 is 11.6 Å². The van der Waals surface area contributed by atoms with Crippen LogP contribution in [0.2, 0.25) is 0 Å². The molecule has 0 atom stereocenters. The average Bonchev–Trinajstić information content (AvgIpc) is 2.78.